The SMILES string of the molecule is CCc1ccccc1N1CC(C(=O)NCCCN2CCCCCC2)CC1=O. The van der Waals surface area contributed by atoms with E-state index in [-0.39, 0.29) is 17.7 Å². The fourth-order valence-electron chi connectivity index (χ4n) is 4.21. The van der Waals surface area contributed by atoms with Crippen molar-refractivity contribution in [3.8, 4) is 0 Å². The molecule has 27 heavy (non-hydrogen) atoms. The number of benzene rings is 1. The molecular weight excluding hydrogens is 338 g/mol. The molecule has 1 aromatic carbocycles. The molecule has 2 aliphatic heterocycles. The van der Waals surface area contributed by atoms with Crippen molar-refractivity contribution in [3.05, 3.63) is 29.8 Å². The molecule has 0 aromatic heterocycles. The molecule has 5 heteroatoms. The first-order valence-corrected chi connectivity index (χ1v) is 10.6. The lowest BCUT2D eigenvalue weighted by Crippen LogP contribution is -2.35. The number of carbonyl (C=O) groups is 2. The molecule has 2 fully saturated rings. The molecule has 0 spiro atoms. The van der Waals surface area contributed by atoms with Crippen molar-refractivity contribution in [1.82, 2.24) is 10.2 Å². The summed E-state index contributed by atoms with van der Waals surface area (Å²) < 4.78 is 0. The van der Waals surface area contributed by atoms with Crippen molar-refractivity contribution >= 4 is 17.5 Å². The number of carbonyl (C=O) groups excluding carboxylic acids is 2. The second kappa shape index (κ2) is 9.88. The lowest BCUT2D eigenvalue weighted by Gasteiger charge is -2.20. The highest BCUT2D eigenvalue weighted by Crippen LogP contribution is 2.28. The monoisotopic (exact) mass is 371 g/mol. The van der Waals surface area contributed by atoms with Crippen LogP contribution in [0.25, 0.3) is 0 Å². The normalized spacial score (nSPS) is 21.3. The molecule has 1 atom stereocenters. The Morgan fingerprint density at radius 1 is 1.15 bits per heavy atom. The highest BCUT2D eigenvalue weighted by molar-refractivity contribution is 6.00. The van der Waals surface area contributed by atoms with Gasteiger partial charge in [0.05, 0.1) is 5.92 Å². The van der Waals surface area contributed by atoms with Crippen molar-refractivity contribution in [3.63, 3.8) is 0 Å². The fourth-order valence-corrected chi connectivity index (χ4v) is 4.21. The van der Waals surface area contributed by atoms with Crippen LogP contribution in [0.1, 0.15) is 51.0 Å². The molecule has 2 heterocycles. The van der Waals surface area contributed by atoms with Gasteiger partial charge < -0.3 is 15.1 Å². The number of hydrogen-bond donors (Lipinski definition) is 1. The second-order valence-electron chi connectivity index (χ2n) is 7.79. The van der Waals surface area contributed by atoms with Crippen molar-refractivity contribution < 1.29 is 9.59 Å². The average Bonchev–Trinajstić information content (AvgIpc) is 2.90. The van der Waals surface area contributed by atoms with Crippen LogP contribution >= 0.6 is 0 Å². The van der Waals surface area contributed by atoms with Crippen LogP contribution in [0, 0.1) is 5.92 Å². The van der Waals surface area contributed by atoms with E-state index in [1.165, 1.54) is 38.8 Å². The van der Waals surface area contributed by atoms with Crippen molar-refractivity contribution in [2.45, 2.75) is 51.9 Å². The summed E-state index contributed by atoms with van der Waals surface area (Å²) in [6.45, 7) is 6.72. The zero-order valence-corrected chi connectivity index (χ0v) is 16.6. The lowest BCUT2D eigenvalue weighted by atomic mass is 10.1. The van der Waals surface area contributed by atoms with E-state index in [9.17, 15) is 9.59 Å². The minimum Gasteiger partial charge on any atom is -0.356 e. The number of likely N-dealkylation sites (tertiary alicyclic amines) is 1. The maximum Gasteiger partial charge on any atom is 0.227 e. The molecule has 2 amide bonds. The summed E-state index contributed by atoms with van der Waals surface area (Å²) in [5.74, 6) is -0.156. The Balaban J connectivity index is 1.45. The van der Waals surface area contributed by atoms with Crippen molar-refractivity contribution in [1.29, 1.82) is 0 Å². The molecule has 0 bridgehead atoms. The Morgan fingerprint density at radius 3 is 2.63 bits per heavy atom. The van der Waals surface area contributed by atoms with Gasteiger partial charge >= 0.3 is 0 Å². The second-order valence-corrected chi connectivity index (χ2v) is 7.79. The molecule has 148 valence electrons. The van der Waals surface area contributed by atoms with Crippen LogP contribution in [-0.4, -0.2) is 49.4 Å². The van der Waals surface area contributed by atoms with Gasteiger partial charge in [0.15, 0.2) is 0 Å². The largest absolute Gasteiger partial charge is 0.356 e. The van der Waals surface area contributed by atoms with Crippen LogP contribution in [0.4, 0.5) is 5.69 Å². The summed E-state index contributed by atoms with van der Waals surface area (Å²) in [6.07, 6.45) is 7.47. The molecule has 5 nitrogen and oxygen atoms in total. The van der Waals surface area contributed by atoms with Crippen LogP contribution in [0.3, 0.4) is 0 Å². The number of anilines is 1. The number of amides is 2. The molecule has 0 radical (unpaired) electrons. The molecule has 2 saturated heterocycles. The third kappa shape index (κ3) is 5.32. The maximum atomic E-state index is 12.5. The van der Waals surface area contributed by atoms with Crippen LogP contribution in [0.15, 0.2) is 24.3 Å². The Labute approximate surface area is 163 Å². The molecule has 2 aliphatic rings. The molecule has 1 aromatic rings. The topological polar surface area (TPSA) is 52.7 Å². The Bertz CT molecular complexity index is 638. The first kappa shape index (κ1) is 19.9. The predicted molar refractivity (Wildman–Crippen MR) is 109 cm³/mol. The van der Waals surface area contributed by atoms with Gasteiger partial charge in [0.2, 0.25) is 11.8 Å². The molecule has 1 N–H and O–H groups in total. The van der Waals surface area contributed by atoms with Gasteiger partial charge in [-0.3, -0.25) is 9.59 Å². The zero-order valence-electron chi connectivity index (χ0n) is 16.6. The third-order valence-electron chi connectivity index (χ3n) is 5.81. The highest BCUT2D eigenvalue weighted by atomic mass is 16.2. The van der Waals surface area contributed by atoms with Gasteiger partial charge in [0.25, 0.3) is 0 Å². The first-order chi connectivity index (χ1) is 13.2. The smallest absolute Gasteiger partial charge is 0.227 e. The number of rotatable bonds is 7. The summed E-state index contributed by atoms with van der Waals surface area (Å²) in [6, 6.07) is 7.99. The summed E-state index contributed by atoms with van der Waals surface area (Å²) >= 11 is 0. The summed E-state index contributed by atoms with van der Waals surface area (Å²) in [5, 5.41) is 3.06. The molecule has 0 saturated carbocycles. The van der Waals surface area contributed by atoms with E-state index < -0.39 is 0 Å². The fraction of sp³-hybridized carbons (Fsp3) is 0.636. The first-order valence-electron chi connectivity index (χ1n) is 10.6. The number of nitrogens with zero attached hydrogens (tertiary/aromatic N) is 2. The van der Waals surface area contributed by atoms with E-state index in [4.69, 9.17) is 0 Å². The van der Waals surface area contributed by atoms with Crippen molar-refractivity contribution in [2.75, 3.05) is 37.6 Å². The number of para-hydroxylation sites is 1. The van der Waals surface area contributed by atoms with Crippen molar-refractivity contribution in [2.24, 2.45) is 5.92 Å². The molecule has 1 unspecified atom stereocenters. The minimum absolute atomic E-state index is 0.0238. The zero-order chi connectivity index (χ0) is 19.1. The Kier molecular flexibility index (Phi) is 7.27. The van der Waals surface area contributed by atoms with E-state index in [1.54, 1.807) is 4.90 Å². The standard InChI is InChI=1S/C22H33N3O2/c1-2-18-10-5-6-11-20(18)25-17-19(16-21(25)26)22(27)23-12-9-15-24-13-7-3-4-8-14-24/h5-6,10-11,19H,2-4,7-9,12-17H2,1H3,(H,23,27). The van der Waals surface area contributed by atoms with E-state index in [0.29, 0.717) is 19.5 Å². The van der Waals surface area contributed by atoms with Gasteiger partial charge in [0, 0.05) is 25.2 Å². The number of nitrogens with one attached hydrogen (secondary N) is 1. The lowest BCUT2D eigenvalue weighted by molar-refractivity contribution is -0.126. The van der Waals surface area contributed by atoms with E-state index in [0.717, 1.165) is 30.6 Å². The van der Waals surface area contributed by atoms with Gasteiger partial charge in [-0.2, -0.15) is 0 Å². The average molecular weight is 372 g/mol. The Hall–Kier alpha value is -1.88. The van der Waals surface area contributed by atoms with Gasteiger partial charge in [-0.1, -0.05) is 38.0 Å². The van der Waals surface area contributed by atoms with Gasteiger partial charge in [-0.25, -0.2) is 0 Å². The van der Waals surface area contributed by atoms with Crippen LogP contribution in [0.5, 0.6) is 0 Å². The summed E-state index contributed by atoms with van der Waals surface area (Å²) in [4.78, 5) is 29.3. The van der Waals surface area contributed by atoms with E-state index in [2.05, 4.69) is 23.2 Å². The third-order valence-corrected chi connectivity index (χ3v) is 5.81. The molecular formula is C22H33N3O2. The minimum atomic E-state index is -0.236. The van der Waals surface area contributed by atoms with Gasteiger partial charge in [-0.15, -0.1) is 0 Å². The maximum absolute atomic E-state index is 12.5. The van der Waals surface area contributed by atoms with Gasteiger partial charge in [0.1, 0.15) is 0 Å². The molecule has 3 rings (SSSR count). The molecule has 0 aliphatic carbocycles. The Morgan fingerprint density at radius 2 is 1.89 bits per heavy atom. The van der Waals surface area contributed by atoms with Gasteiger partial charge in [-0.05, 0) is 56.9 Å². The summed E-state index contributed by atoms with van der Waals surface area (Å²) in [5.41, 5.74) is 2.12. The van der Waals surface area contributed by atoms with E-state index >= 15 is 0 Å². The van der Waals surface area contributed by atoms with Crippen LogP contribution in [0.2, 0.25) is 0 Å². The predicted octanol–water partition coefficient (Wildman–Crippen LogP) is 2.98. The number of hydrogen-bond acceptors (Lipinski definition) is 3. The highest BCUT2D eigenvalue weighted by Gasteiger charge is 2.35. The van der Waals surface area contributed by atoms with Crippen LogP contribution < -0.4 is 10.2 Å². The van der Waals surface area contributed by atoms with E-state index in [1.807, 2.05) is 18.2 Å². The quantitative estimate of drug-likeness (QED) is 0.750. The van der Waals surface area contributed by atoms with Crippen LogP contribution in [-0.2, 0) is 16.0 Å². The number of aryl methyl sites for hydroxylation is 1. The summed E-state index contributed by atoms with van der Waals surface area (Å²) in [7, 11) is 0.